The van der Waals surface area contributed by atoms with Crippen LogP contribution in [-0.2, 0) is 19.4 Å². The summed E-state index contributed by atoms with van der Waals surface area (Å²) < 4.78 is 0.272. The van der Waals surface area contributed by atoms with Crippen LogP contribution in [0, 0.1) is 5.92 Å². The van der Waals surface area contributed by atoms with Crippen molar-refractivity contribution in [3.63, 3.8) is 0 Å². The molecule has 0 aliphatic heterocycles. The molecule has 0 bridgehead atoms. The van der Waals surface area contributed by atoms with E-state index >= 15 is 0 Å². The Labute approximate surface area is 205 Å². The Morgan fingerprint density at radius 1 is 0.839 bits per heavy atom. The molecule has 1 aliphatic carbocycles. The maximum absolute atomic E-state index is 6.76. The molecule has 0 nitrogen and oxygen atoms in total. The van der Waals surface area contributed by atoms with Gasteiger partial charge < -0.3 is 0 Å². The van der Waals surface area contributed by atoms with Gasteiger partial charge in [0.15, 0.2) is 0 Å². The fourth-order valence-electron chi connectivity index (χ4n) is 4.69. The van der Waals surface area contributed by atoms with Crippen molar-refractivity contribution < 1.29 is 19.4 Å². The third-order valence-electron chi connectivity index (χ3n) is 6.89. The fourth-order valence-corrected chi connectivity index (χ4v) is 10.3. The van der Waals surface area contributed by atoms with Crippen LogP contribution in [0.15, 0.2) is 35.9 Å². The van der Waals surface area contributed by atoms with E-state index in [0.717, 1.165) is 6.42 Å². The summed E-state index contributed by atoms with van der Waals surface area (Å²) in [4.78, 5) is 0. The van der Waals surface area contributed by atoms with E-state index in [1.54, 1.807) is 0 Å². The van der Waals surface area contributed by atoms with Crippen molar-refractivity contribution in [3.8, 4) is 11.1 Å². The maximum atomic E-state index is 6.76. The van der Waals surface area contributed by atoms with E-state index < -0.39 is 19.4 Å². The number of rotatable bonds is 7. The van der Waals surface area contributed by atoms with Crippen LogP contribution in [0.3, 0.4) is 0 Å². The van der Waals surface area contributed by atoms with Gasteiger partial charge in [-0.25, -0.2) is 0 Å². The zero-order chi connectivity index (χ0) is 23.0. The Balaban J connectivity index is 2.36. The molecule has 31 heavy (non-hydrogen) atoms. The second kappa shape index (κ2) is 10.3. The van der Waals surface area contributed by atoms with Gasteiger partial charge >= 0.3 is 206 Å². The molecule has 0 amide bonds. The number of hydrogen-bond donors (Lipinski definition) is 0. The first-order valence-electron chi connectivity index (χ1n) is 11.8. The minimum atomic E-state index is -2.54. The number of halogens is 2. The van der Waals surface area contributed by atoms with Crippen molar-refractivity contribution in [2.45, 2.75) is 83.2 Å². The number of fused-ring (bicyclic) bond motifs is 1. The van der Waals surface area contributed by atoms with Gasteiger partial charge in [-0.1, -0.05) is 0 Å². The summed E-state index contributed by atoms with van der Waals surface area (Å²) in [5, 5.41) is 0. The Morgan fingerprint density at radius 2 is 1.42 bits per heavy atom. The van der Waals surface area contributed by atoms with E-state index in [4.69, 9.17) is 17.0 Å². The molecule has 167 valence electrons. The molecule has 3 heteroatoms. The summed E-state index contributed by atoms with van der Waals surface area (Å²) in [6.45, 7) is 18.4. The molecule has 2 unspecified atom stereocenters. The number of hydrogen-bond acceptors (Lipinski definition) is 0. The van der Waals surface area contributed by atoms with Crippen LogP contribution >= 0.6 is 17.0 Å². The van der Waals surface area contributed by atoms with Gasteiger partial charge in [-0.15, -0.1) is 0 Å². The minimum absolute atomic E-state index is 0.272. The van der Waals surface area contributed by atoms with Crippen LogP contribution < -0.4 is 0 Å². The first-order valence-corrected chi connectivity index (χ1v) is 19.5. The Morgan fingerprint density at radius 3 is 1.87 bits per heavy atom. The first-order chi connectivity index (χ1) is 14.6. The predicted octanol–water partition coefficient (Wildman–Crippen LogP) is 10.1. The van der Waals surface area contributed by atoms with Crippen LogP contribution in [-0.4, -0.2) is 0 Å². The normalized spacial score (nSPS) is 16.8. The van der Waals surface area contributed by atoms with Crippen LogP contribution in [0.4, 0.5) is 0 Å². The van der Waals surface area contributed by atoms with Gasteiger partial charge in [0.05, 0.1) is 0 Å². The van der Waals surface area contributed by atoms with Crippen molar-refractivity contribution in [1.82, 2.24) is 0 Å². The fraction of sp³-hybridized carbons (Fsp3) is 0.500. The second-order valence-corrected chi connectivity index (χ2v) is 18.9. The average Bonchev–Trinajstić information content (AvgIpc) is 3.11. The zero-order valence-corrected chi connectivity index (χ0v) is 24.3. The van der Waals surface area contributed by atoms with Gasteiger partial charge in [-0.05, 0) is 0 Å². The topological polar surface area (TPSA) is 0 Å². The van der Waals surface area contributed by atoms with Crippen molar-refractivity contribution in [2.75, 3.05) is 0 Å². The molecule has 0 heterocycles. The standard InChI is InChI=1S/C28H37.2ClH.Zr/c1-9-20(8)24-12-21-10-11-26(19(6)7)28(27(21)16-24)25-14-22(17(2)3)13-23(15-25)18(4)5;;;/h10-20H,9H2,1-8H3;2*1H;/q;;;+2/p-2. The zero-order valence-electron chi connectivity index (χ0n) is 20.3. The monoisotopic (exact) mass is 533 g/mol. The molecule has 3 rings (SSSR count). The Kier molecular flexibility index (Phi) is 8.38. The summed E-state index contributed by atoms with van der Waals surface area (Å²) in [5.41, 5.74) is 11.2. The van der Waals surface area contributed by atoms with Crippen molar-refractivity contribution in [3.05, 3.63) is 63.7 Å². The molecule has 0 saturated carbocycles. The number of allylic oxidation sites excluding steroid dienone is 1. The van der Waals surface area contributed by atoms with E-state index in [-0.39, 0.29) is 3.63 Å². The molecule has 2 aromatic carbocycles. The average molecular weight is 536 g/mol. The second-order valence-electron chi connectivity index (χ2n) is 10.1. The van der Waals surface area contributed by atoms with Crippen LogP contribution in [0.2, 0.25) is 0 Å². The third-order valence-corrected chi connectivity index (χ3v) is 12.1. The molecule has 1 aliphatic rings. The molecule has 0 aromatic heterocycles. The van der Waals surface area contributed by atoms with Gasteiger partial charge in [0.25, 0.3) is 0 Å². The molecular formula is C28H37Cl2Zr. The van der Waals surface area contributed by atoms with E-state index in [9.17, 15) is 0 Å². The van der Waals surface area contributed by atoms with Gasteiger partial charge in [0, 0.05) is 0 Å². The summed E-state index contributed by atoms with van der Waals surface area (Å²) in [7, 11) is 13.5. The van der Waals surface area contributed by atoms with Gasteiger partial charge in [0.2, 0.25) is 0 Å². The van der Waals surface area contributed by atoms with Crippen LogP contribution in [0.5, 0.6) is 0 Å². The molecule has 2 atom stereocenters. The van der Waals surface area contributed by atoms with Gasteiger partial charge in [0.1, 0.15) is 0 Å². The van der Waals surface area contributed by atoms with E-state index in [1.165, 1.54) is 44.5 Å². The number of benzene rings is 2. The third kappa shape index (κ3) is 5.10. The molecule has 0 saturated heterocycles. The molecule has 0 spiro atoms. The summed E-state index contributed by atoms with van der Waals surface area (Å²) in [5.74, 6) is 1.96. The van der Waals surface area contributed by atoms with Crippen molar-refractivity contribution >= 4 is 23.1 Å². The van der Waals surface area contributed by atoms with Crippen molar-refractivity contribution in [2.24, 2.45) is 5.92 Å². The van der Waals surface area contributed by atoms with E-state index in [2.05, 4.69) is 91.8 Å². The van der Waals surface area contributed by atoms with Crippen LogP contribution in [0.1, 0.15) is 111 Å². The van der Waals surface area contributed by atoms with E-state index in [1.807, 2.05) is 0 Å². The molecule has 0 N–H and O–H groups in total. The van der Waals surface area contributed by atoms with Crippen molar-refractivity contribution in [1.29, 1.82) is 0 Å². The molecular weight excluding hydrogens is 498 g/mol. The van der Waals surface area contributed by atoms with Gasteiger partial charge in [-0.2, -0.15) is 0 Å². The summed E-state index contributed by atoms with van der Waals surface area (Å²) in [6.07, 6.45) is 3.57. The summed E-state index contributed by atoms with van der Waals surface area (Å²) >= 11 is -2.54. The molecule has 2 aromatic rings. The molecule has 0 radical (unpaired) electrons. The predicted molar refractivity (Wildman–Crippen MR) is 136 cm³/mol. The SMILES string of the molecule is CCC(C)C1=Cc2c(ccc(C(C)C)c2-c2cc(C(C)C)cc(C(C)C)c2)[CH]1[Zr]([Cl])[Cl]. The van der Waals surface area contributed by atoms with Crippen LogP contribution in [0.25, 0.3) is 17.2 Å². The van der Waals surface area contributed by atoms with Gasteiger partial charge in [-0.3, -0.25) is 0 Å². The Bertz CT molecular complexity index is 943. The quantitative estimate of drug-likeness (QED) is 0.331. The van der Waals surface area contributed by atoms with E-state index in [0.29, 0.717) is 23.7 Å². The first kappa shape index (κ1) is 25.3. The molecule has 0 fully saturated rings. The Hall–Kier alpha value is -0.357. The summed E-state index contributed by atoms with van der Waals surface area (Å²) in [6, 6.07) is 11.9.